The largest absolute Gasteiger partial charge is 0.333 e. The summed E-state index contributed by atoms with van der Waals surface area (Å²) in [6.07, 6.45) is 6.78. The quantitative estimate of drug-likeness (QED) is 0.778. The molecule has 5 rings (SSSR count). The van der Waals surface area contributed by atoms with E-state index in [0.717, 1.165) is 79.1 Å². The molecule has 1 aliphatic heterocycles. The highest BCUT2D eigenvalue weighted by Gasteiger charge is 2.29. The molecule has 2 aliphatic carbocycles. The molecule has 7 nitrogen and oxygen atoms in total. The number of urea groups is 1. The molecule has 0 saturated carbocycles. The van der Waals surface area contributed by atoms with Gasteiger partial charge in [-0.2, -0.15) is 8.42 Å². The number of fused-ring (bicyclic) bond motifs is 3. The van der Waals surface area contributed by atoms with E-state index in [-0.39, 0.29) is 4.34 Å². The maximum Gasteiger partial charge on any atom is 0.333 e. The number of aryl methyl sites for hydroxylation is 2. The van der Waals surface area contributed by atoms with Crippen LogP contribution in [-0.4, -0.2) is 37.9 Å². The fraction of sp³-hybridized carbons (Fsp3) is 0.500. The summed E-state index contributed by atoms with van der Waals surface area (Å²) in [4.78, 5) is 20.0. The van der Waals surface area contributed by atoms with Crippen molar-refractivity contribution in [3.8, 4) is 0 Å². The second-order valence-corrected chi connectivity index (χ2v) is 11.1. The fourth-order valence-corrected chi connectivity index (χ4v) is 7.08. The van der Waals surface area contributed by atoms with Crippen LogP contribution in [0.1, 0.15) is 45.7 Å². The van der Waals surface area contributed by atoms with Gasteiger partial charge in [0.25, 0.3) is 10.0 Å². The minimum atomic E-state index is -3.99. The molecular weight excluding hydrogens is 408 g/mol. The number of benzene rings is 1. The highest BCUT2D eigenvalue weighted by Crippen LogP contribution is 2.38. The molecule has 0 bridgehead atoms. The van der Waals surface area contributed by atoms with Crippen molar-refractivity contribution in [2.45, 2.75) is 55.8 Å². The summed E-state index contributed by atoms with van der Waals surface area (Å²) in [6.45, 7) is 1.55. The van der Waals surface area contributed by atoms with Crippen molar-refractivity contribution in [1.82, 2.24) is 14.6 Å². The Morgan fingerprint density at radius 3 is 2.48 bits per heavy atom. The first kappa shape index (κ1) is 19.0. The molecule has 154 valence electrons. The molecule has 29 heavy (non-hydrogen) atoms. The van der Waals surface area contributed by atoms with E-state index >= 15 is 0 Å². The van der Waals surface area contributed by atoms with Crippen LogP contribution in [0.2, 0.25) is 0 Å². The fourth-order valence-electron chi connectivity index (χ4n) is 4.69. The third-order valence-electron chi connectivity index (χ3n) is 6.07. The van der Waals surface area contributed by atoms with Gasteiger partial charge in [-0.1, -0.05) is 6.07 Å². The summed E-state index contributed by atoms with van der Waals surface area (Å²) < 4.78 is 27.7. The summed E-state index contributed by atoms with van der Waals surface area (Å²) in [7, 11) is -1.99. The number of anilines is 1. The lowest BCUT2D eigenvalue weighted by Crippen LogP contribution is -2.35. The molecule has 0 unspecified atom stereocenters. The third-order valence-corrected chi connectivity index (χ3v) is 8.86. The van der Waals surface area contributed by atoms with E-state index in [1.807, 2.05) is 7.05 Å². The van der Waals surface area contributed by atoms with Gasteiger partial charge in [-0.15, -0.1) is 11.3 Å². The van der Waals surface area contributed by atoms with E-state index in [0.29, 0.717) is 6.54 Å². The van der Waals surface area contributed by atoms with Crippen LogP contribution in [0.3, 0.4) is 0 Å². The number of nitrogens with zero attached hydrogens (tertiary/aromatic N) is 2. The predicted octanol–water partition coefficient (Wildman–Crippen LogP) is 2.62. The molecule has 1 aromatic heterocycles. The summed E-state index contributed by atoms with van der Waals surface area (Å²) in [5.74, 6) is 0. The molecule has 2 N–H and O–H groups in total. The number of likely N-dealkylation sites (N-methyl/N-ethyl adjacent to an activating group) is 1. The van der Waals surface area contributed by atoms with Crippen LogP contribution < -0.4 is 10.0 Å². The summed E-state index contributed by atoms with van der Waals surface area (Å²) in [5, 5.41) is 2.88. The summed E-state index contributed by atoms with van der Waals surface area (Å²) in [5.41, 5.74) is 6.59. The number of carbonyl (C=O) groups excluding carboxylic acids is 1. The predicted molar refractivity (Wildman–Crippen MR) is 112 cm³/mol. The number of aromatic nitrogens is 1. The number of amides is 2. The molecular formula is C20H24N4O3S2. The van der Waals surface area contributed by atoms with Crippen molar-refractivity contribution >= 4 is 33.1 Å². The van der Waals surface area contributed by atoms with E-state index < -0.39 is 16.1 Å². The lowest BCUT2D eigenvalue weighted by atomic mass is 9.99. The zero-order valence-corrected chi connectivity index (χ0v) is 18.0. The van der Waals surface area contributed by atoms with Gasteiger partial charge in [0.1, 0.15) is 0 Å². The average molecular weight is 433 g/mol. The van der Waals surface area contributed by atoms with E-state index in [2.05, 4.69) is 26.0 Å². The van der Waals surface area contributed by atoms with Crippen LogP contribution >= 0.6 is 11.3 Å². The molecule has 0 spiro atoms. The van der Waals surface area contributed by atoms with Crippen LogP contribution in [0, 0.1) is 0 Å². The summed E-state index contributed by atoms with van der Waals surface area (Å²) in [6, 6.07) is 1.58. The molecule has 2 aromatic rings. The molecule has 2 heterocycles. The maximum absolute atomic E-state index is 12.8. The Morgan fingerprint density at radius 1 is 1.10 bits per heavy atom. The van der Waals surface area contributed by atoms with E-state index in [9.17, 15) is 13.2 Å². The van der Waals surface area contributed by atoms with Crippen LogP contribution in [0.5, 0.6) is 0 Å². The number of nitrogens with one attached hydrogen (secondary N) is 2. The smallest absolute Gasteiger partial charge is 0.307 e. The van der Waals surface area contributed by atoms with Crippen molar-refractivity contribution in [2.24, 2.45) is 0 Å². The molecule has 9 heteroatoms. The Morgan fingerprint density at radius 2 is 1.79 bits per heavy atom. The lowest BCUT2D eigenvalue weighted by molar-refractivity contribution is 0.256. The van der Waals surface area contributed by atoms with Gasteiger partial charge in [0.15, 0.2) is 0 Å². The highest BCUT2D eigenvalue weighted by atomic mass is 32.2. The number of thiazole rings is 1. The molecule has 3 aliphatic rings. The zero-order chi connectivity index (χ0) is 20.2. The van der Waals surface area contributed by atoms with Gasteiger partial charge in [0.05, 0.1) is 5.69 Å². The lowest BCUT2D eigenvalue weighted by Gasteiger charge is -2.20. The molecule has 0 radical (unpaired) electrons. The maximum atomic E-state index is 12.8. The number of hydrogen-bond acceptors (Lipinski definition) is 6. The first-order chi connectivity index (χ1) is 13.9. The van der Waals surface area contributed by atoms with Gasteiger partial charge in [0, 0.05) is 30.1 Å². The Labute approximate surface area is 174 Å². The van der Waals surface area contributed by atoms with Crippen molar-refractivity contribution in [3.05, 3.63) is 38.9 Å². The minimum Gasteiger partial charge on any atom is -0.307 e. The van der Waals surface area contributed by atoms with Crippen LogP contribution in [-0.2, 0) is 48.7 Å². The Kier molecular flexibility index (Phi) is 4.64. The highest BCUT2D eigenvalue weighted by molar-refractivity contribution is 7.92. The SMILES string of the molecule is CN1CCc2nc(S(=O)(=O)NC(=O)Nc3c4c(cc5c3CCC5)CCC4)sc2C1. The van der Waals surface area contributed by atoms with Gasteiger partial charge in [-0.25, -0.2) is 14.5 Å². The molecule has 0 fully saturated rings. The number of carbonyl (C=O) groups is 1. The van der Waals surface area contributed by atoms with E-state index in [1.165, 1.54) is 22.3 Å². The Hall–Kier alpha value is -1.97. The second-order valence-electron chi connectivity index (χ2n) is 8.13. The molecule has 1 aromatic carbocycles. The van der Waals surface area contributed by atoms with Gasteiger partial charge >= 0.3 is 6.03 Å². The topological polar surface area (TPSA) is 91.4 Å². The van der Waals surface area contributed by atoms with E-state index in [1.54, 1.807) is 0 Å². The second kappa shape index (κ2) is 7.07. The number of rotatable bonds is 3. The Balaban J connectivity index is 1.38. The molecule has 2 amide bonds. The van der Waals surface area contributed by atoms with Gasteiger partial charge in [-0.05, 0) is 67.8 Å². The third kappa shape index (κ3) is 3.45. The minimum absolute atomic E-state index is 0.0310. The van der Waals surface area contributed by atoms with Gasteiger partial charge in [0.2, 0.25) is 4.34 Å². The van der Waals surface area contributed by atoms with E-state index in [4.69, 9.17) is 0 Å². The first-order valence-electron chi connectivity index (χ1n) is 10.1. The average Bonchev–Trinajstić information content (AvgIpc) is 3.39. The van der Waals surface area contributed by atoms with Gasteiger partial charge in [-0.3, -0.25) is 0 Å². The molecule has 0 saturated heterocycles. The molecule has 0 atom stereocenters. The number of hydrogen-bond donors (Lipinski definition) is 2. The monoisotopic (exact) mass is 432 g/mol. The normalized spacial score (nSPS) is 18.2. The van der Waals surface area contributed by atoms with Gasteiger partial charge < -0.3 is 10.2 Å². The van der Waals surface area contributed by atoms with Crippen LogP contribution in [0.4, 0.5) is 10.5 Å². The Bertz CT molecular complexity index is 1080. The zero-order valence-electron chi connectivity index (χ0n) is 16.4. The first-order valence-corrected chi connectivity index (χ1v) is 12.4. The van der Waals surface area contributed by atoms with Crippen LogP contribution in [0.15, 0.2) is 10.4 Å². The van der Waals surface area contributed by atoms with Crippen molar-refractivity contribution in [3.63, 3.8) is 0 Å². The van der Waals surface area contributed by atoms with Crippen molar-refractivity contribution < 1.29 is 13.2 Å². The van der Waals surface area contributed by atoms with Crippen molar-refractivity contribution in [1.29, 1.82) is 0 Å². The standard InChI is InChI=1S/C20H24N4O3S2/c1-24-9-8-16-17(11-24)28-20(21-16)29(26,27)23-19(25)22-18-14-6-2-4-12(14)10-13-5-3-7-15(13)18/h10H,2-9,11H2,1H3,(H2,22,23,25). The van der Waals surface area contributed by atoms with Crippen molar-refractivity contribution in [2.75, 3.05) is 18.9 Å². The summed E-state index contributed by atoms with van der Waals surface area (Å²) >= 11 is 1.15. The number of sulfonamides is 1. The van der Waals surface area contributed by atoms with Crippen LogP contribution in [0.25, 0.3) is 0 Å².